The summed E-state index contributed by atoms with van der Waals surface area (Å²) in [5, 5.41) is 0. The fourth-order valence-corrected chi connectivity index (χ4v) is 1.33. The van der Waals surface area contributed by atoms with Crippen molar-refractivity contribution in [2.24, 2.45) is 0 Å². The van der Waals surface area contributed by atoms with Gasteiger partial charge in [0.2, 0.25) is 0 Å². The van der Waals surface area contributed by atoms with Gasteiger partial charge in [-0.3, -0.25) is 0 Å². The number of anilines is 1. The van der Waals surface area contributed by atoms with Gasteiger partial charge in [-0.2, -0.15) is 12.6 Å². The van der Waals surface area contributed by atoms with Crippen molar-refractivity contribution in [1.82, 2.24) is 0 Å². The third-order valence-corrected chi connectivity index (χ3v) is 2.27. The Bertz CT molecular complexity index is 288. The fourth-order valence-electron chi connectivity index (χ4n) is 1.18. The number of hydrogen-bond acceptors (Lipinski definition) is 2. The van der Waals surface area contributed by atoms with Crippen LogP contribution in [0.1, 0.15) is 12.0 Å². The predicted octanol–water partition coefficient (Wildman–Crippen LogP) is 3.09. The van der Waals surface area contributed by atoms with Crippen LogP contribution in [-0.4, -0.2) is 19.8 Å². The van der Waals surface area contributed by atoms with Gasteiger partial charge in [0.15, 0.2) is 0 Å². The quantitative estimate of drug-likeness (QED) is 0.743. The number of nitrogens with zero attached hydrogens (tertiary/aromatic N) is 1. The third kappa shape index (κ3) is 3.46. The molecule has 1 aromatic rings. The molecule has 14 heavy (non-hydrogen) atoms. The van der Waals surface area contributed by atoms with E-state index in [9.17, 15) is 0 Å². The molecule has 0 aromatic heterocycles. The summed E-state index contributed by atoms with van der Waals surface area (Å²) >= 11 is 4.15. The second-order valence-corrected chi connectivity index (χ2v) is 3.85. The smallest absolute Gasteiger partial charge is 0.0361 e. The third-order valence-electron chi connectivity index (χ3n) is 2.02. The molecule has 0 aliphatic heterocycles. The van der Waals surface area contributed by atoms with Crippen LogP contribution in [0, 0.1) is 0 Å². The first-order chi connectivity index (χ1) is 6.74. The summed E-state index contributed by atoms with van der Waals surface area (Å²) in [4.78, 5) is 2.10. The molecule has 0 atom stereocenters. The molecule has 1 rings (SSSR count). The summed E-state index contributed by atoms with van der Waals surface area (Å²) in [5.74, 6) is 0.909. The topological polar surface area (TPSA) is 3.24 Å². The van der Waals surface area contributed by atoms with Crippen molar-refractivity contribution in [3.8, 4) is 0 Å². The Kier molecular flexibility index (Phi) is 4.60. The molecule has 0 spiro atoms. The van der Waals surface area contributed by atoms with E-state index in [2.05, 4.69) is 53.9 Å². The Morgan fingerprint density at radius 1 is 1.21 bits per heavy atom. The van der Waals surface area contributed by atoms with Gasteiger partial charge in [0.05, 0.1) is 0 Å². The Labute approximate surface area is 91.8 Å². The highest BCUT2D eigenvalue weighted by molar-refractivity contribution is 7.80. The highest BCUT2D eigenvalue weighted by atomic mass is 32.1. The molecule has 76 valence electrons. The van der Waals surface area contributed by atoms with Crippen LogP contribution in [0.5, 0.6) is 0 Å². The monoisotopic (exact) mass is 207 g/mol. The zero-order valence-corrected chi connectivity index (χ0v) is 9.67. The Balaban J connectivity index is 2.64. The van der Waals surface area contributed by atoms with E-state index in [1.807, 2.05) is 14.1 Å². The lowest BCUT2D eigenvalue weighted by Crippen LogP contribution is -2.07. The van der Waals surface area contributed by atoms with Crippen molar-refractivity contribution in [3.05, 3.63) is 35.9 Å². The minimum atomic E-state index is 0.909. The molecule has 0 saturated heterocycles. The Morgan fingerprint density at radius 2 is 1.86 bits per heavy atom. The van der Waals surface area contributed by atoms with Crippen LogP contribution in [0.25, 0.3) is 6.08 Å². The van der Waals surface area contributed by atoms with Crippen molar-refractivity contribution in [3.63, 3.8) is 0 Å². The van der Waals surface area contributed by atoms with E-state index in [-0.39, 0.29) is 0 Å². The minimum Gasteiger partial charge on any atom is -0.378 e. The highest BCUT2D eigenvalue weighted by Crippen LogP contribution is 2.13. The maximum atomic E-state index is 4.15. The Hall–Kier alpha value is -0.890. The van der Waals surface area contributed by atoms with E-state index in [1.165, 1.54) is 11.3 Å². The van der Waals surface area contributed by atoms with Gasteiger partial charge in [0.25, 0.3) is 0 Å². The largest absolute Gasteiger partial charge is 0.378 e. The SMILES string of the molecule is CN(C)c1ccc(C=CCCS)cc1. The molecule has 0 unspecified atom stereocenters. The molecule has 0 saturated carbocycles. The molecule has 0 bridgehead atoms. The van der Waals surface area contributed by atoms with Gasteiger partial charge in [0, 0.05) is 19.8 Å². The number of hydrogen-bond donors (Lipinski definition) is 1. The molecule has 0 heterocycles. The van der Waals surface area contributed by atoms with Crippen LogP contribution in [-0.2, 0) is 0 Å². The van der Waals surface area contributed by atoms with E-state index in [4.69, 9.17) is 0 Å². The molecular formula is C12H17NS. The number of rotatable bonds is 4. The van der Waals surface area contributed by atoms with Crippen molar-refractivity contribution in [2.75, 3.05) is 24.7 Å². The second-order valence-electron chi connectivity index (χ2n) is 3.40. The van der Waals surface area contributed by atoms with Crippen LogP contribution in [0.4, 0.5) is 5.69 Å². The van der Waals surface area contributed by atoms with Crippen LogP contribution < -0.4 is 4.90 Å². The molecule has 1 aromatic carbocycles. The number of allylic oxidation sites excluding steroid dienone is 1. The van der Waals surface area contributed by atoms with Crippen LogP contribution in [0.3, 0.4) is 0 Å². The lowest BCUT2D eigenvalue weighted by atomic mass is 10.2. The summed E-state index contributed by atoms with van der Waals surface area (Å²) in [6.07, 6.45) is 5.31. The molecular weight excluding hydrogens is 190 g/mol. The average Bonchev–Trinajstić information content (AvgIpc) is 2.19. The molecule has 0 fully saturated rings. The first kappa shape index (κ1) is 11.2. The van der Waals surface area contributed by atoms with Crippen LogP contribution in [0.15, 0.2) is 30.3 Å². The Morgan fingerprint density at radius 3 is 2.36 bits per heavy atom. The average molecular weight is 207 g/mol. The molecule has 0 aliphatic carbocycles. The highest BCUT2D eigenvalue weighted by Gasteiger charge is 1.92. The van der Waals surface area contributed by atoms with E-state index in [1.54, 1.807) is 0 Å². The van der Waals surface area contributed by atoms with Crippen molar-refractivity contribution < 1.29 is 0 Å². The van der Waals surface area contributed by atoms with Crippen molar-refractivity contribution in [1.29, 1.82) is 0 Å². The number of benzene rings is 1. The van der Waals surface area contributed by atoms with Crippen molar-refractivity contribution in [2.45, 2.75) is 6.42 Å². The maximum Gasteiger partial charge on any atom is 0.0361 e. The molecule has 0 N–H and O–H groups in total. The van der Waals surface area contributed by atoms with Crippen molar-refractivity contribution >= 4 is 24.4 Å². The van der Waals surface area contributed by atoms with Gasteiger partial charge in [-0.15, -0.1) is 0 Å². The lowest BCUT2D eigenvalue weighted by molar-refractivity contribution is 1.13. The molecule has 0 radical (unpaired) electrons. The standard InChI is InChI=1S/C12H17NS/c1-13(2)12-8-6-11(7-9-12)5-3-4-10-14/h3,5-9,14H,4,10H2,1-2H3. The molecule has 0 aliphatic rings. The summed E-state index contributed by atoms with van der Waals surface area (Å²) in [6.45, 7) is 0. The van der Waals surface area contributed by atoms with Crippen LogP contribution >= 0.6 is 12.6 Å². The van der Waals surface area contributed by atoms with Gasteiger partial charge < -0.3 is 4.90 Å². The summed E-state index contributed by atoms with van der Waals surface area (Å²) in [5.41, 5.74) is 2.48. The van der Waals surface area contributed by atoms with Gasteiger partial charge in [-0.25, -0.2) is 0 Å². The zero-order valence-electron chi connectivity index (χ0n) is 8.77. The first-order valence-electron chi connectivity index (χ1n) is 4.79. The predicted molar refractivity (Wildman–Crippen MR) is 68.3 cm³/mol. The fraction of sp³-hybridized carbons (Fsp3) is 0.333. The molecule has 1 nitrogen and oxygen atoms in total. The minimum absolute atomic E-state index is 0.909. The lowest BCUT2D eigenvalue weighted by Gasteiger charge is -2.11. The maximum absolute atomic E-state index is 4.15. The van der Waals surface area contributed by atoms with Gasteiger partial charge in [0.1, 0.15) is 0 Å². The zero-order chi connectivity index (χ0) is 10.4. The van der Waals surface area contributed by atoms with Gasteiger partial charge in [-0.1, -0.05) is 24.3 Å². The normalized spacial score (nSPS) is 10.8. The molecule has 0 amide bonds. The van der Waals surface area contributed by atoms with E-state index in [0.29, 0.717) is 0 Å². The second kappa shape index (κ2) is 5.76. The first-order valence-corrected chi connectivity index (χ1v) is 5.42. The van der Waals surface area contributed by atoms with E-state index in [0.717, 1.165) is 12.2 Å². The summed E-state index contributed by atoms with van der Waals surface area (Å²) < 4.78 is 0. The van der Waals surface area contributed by atoms with Crippen LogP contribution in [0.2, 0.25) is 0 Å². The summed E-state index contributed by atoms with van der Waals surface area (Å²) in [7, 11) is 4.09. The van der Waals surface area contributed by atoms with Gasteiger partial charge >= 0.3 is 0 Å². The van der Waals surface area contributed by atoms with E-state index >= 15 is 0 Å². The van der Waals surface area contributed by atoms with Gasteiger partial charge in [-0.05, 0) is 29.9 Å². The summed E-state index contributed by atoms with van der Waals surface area (Å²) in [6, 6.07) is 8.51. The van der Waals surface area contributed by atoms with E-state index < -0.39 is 0 Å². The molecule has 2 heteroatoms. The number of thiol groups is 1.